The molecule has 1 fully saturated rings. The zero-order chi connectivity index (χ0) is 19.7. The van der Waals surface area contributed by atoms with E-state index in [2.05, 4.69) is 25.7 Å². The van der Waals surface area contributed by atoms with Crippen LogP contribution in [0.15, 0.2) is 34.5 Å². The molecule has 1 aromatic carbocycles. The van der Waals surface area contributed by atoms with Crippen molar-refractivity contribution in [1.29, 1.82) is 5.26 Å². The van der Waals surface area contributed by atoms with Crippen molar-refractivity contribution in [2.24, 2.45) is 15.9 Å². The summed E-state index contributed by atoms with van der Waals surface area (Å²) >= 11 is 0. The molecule has 2 aromatic heterocycles. The van der Waals surface area contributed by atoms with Crippen LogP contribution in [0.4, 0.5) is 4.39 Å². The maximum absolute atomic E-state index is 14.0. The number of fused-ring (bicyclic) bond motifs is 3. The Labute approximate surface area is 161 Å². The smallest absolute Gasteiger partial charge is 0.131 e. The van der Waals surface area contributed by atoms with Gasteiger partial charge in [-0.25, -0.2) is 9.37 Å². The Bertz CT molecular complexity index is 1140. The first-order valence-electron chi connectivity index (χ1n) is 9.18. The summed E-state index contributed by atoms with van der Waals surface area (Å²) in [5.41, 5.74) is 3.55. The van der Waals surface area contributed by atoms with E-state index in [9.17, 15) is 9.65 Å². The van der Waals surface area contributed by atoms with E-state index in [1.54, 1.807) is 25.4 Å². The molecular formula is C20H20FN7. The van der Waals surface area contributed by atoms with Gasteiger partial charge in [-0.15, -0.1) is 0 Å². The molecular weight excluding hydrogens is 357 g/mol. The Morgan fingerprint density at radius 2 is 2.29 bits per heavy atom. The van der Waals surface area contributed by atoms with Gasteiger partial charge in [-0.2, -0.15) is 10.4 Å². The molecule has 28 heavy (non-hydrogen) atoms. The van der Waals surface area contributed by atoms with E-state index in [0.717, 1.165) is 34.2 Å². The number of nitriles is 1. The van der Waals surface area contributed by atoms with Gasteiger partial charge in [-0.05, 0) is 44.4 Å². The molecule has 1 saturated carbocycles. The predicted molar refractivity (Wildman–Crippen MR) is 107 cm³/mol. The van der Waals surface area contributed by atoms with Crippen LogP contribution < -0.4 is 5.84 Å². The molecule has 8 heteroatoms. The molecule has 0 saturated heterocycles. The first kappa shape index (κ1) is 18.0. The number of pyridine rings is 1. The summed E-state index contributed by atoms with van der Waals surface area (Å²) in [4.78, 5) is 13.6. The molecule has 0 amide bonds. The van der Waals surface area contributed by atoms with Gasteiger partial charge >= 0.3 is 0 Å². The van der Waals surface area contributed by atoms with Gasteiger partial charge in [0.2, 0.25) is 0 Å². The van der Waals surface area contributed by atoms with Crippen molar-refractivity contribution in [3.63, 3.8) is 0 Å². The topological polar surface area (TPSA) is 105 Å². The standard InChI is InChI=1S/C20H20FN7/c1-12(27-23)9-24-11-19-26-18-10-25-17-5-2-13(8-22)6-16(17)20(18)28(19)15-4-3-14(21)7-15/h2,5-6,9-10,14-15H,3-4,7,11,23H2,1H3. The zero-order valence-electron chi connectivity index (χ0n) is 15.5. The predicted octanol–water partition coefficient (Wildman–Crippen LogP) is 3.42. The Balaban J connectivity index is 1.92. The molecule has 7 nitrogen and oxygen atoms in total. The molecule has 0 spiro atoms. The Kier molecular flexibility index (Phi) is 4.74. The van der Waals surface area contributed by atoms with Crippen molar-refractivity contribution < 1.29 is 4.39 Å². The van der Waals surface area contributed by atoms with Gasteiger partial charge in [0.1, 0.15) is 17.5 Å². The van der Waals surface area contributed by atoms with E-state index in [1.165, 1.54) is 0 Å². The number of nitrogens with zero attached hydrogens (tertiary/aromatic N) is 6. The summed E-state index contributed by atoms with van der Waals surface area (Å²) in [5.74, 6) is 5.99. The van der Waals surface area contributed by atoms with Crippen molar-refractivity contribution in [2.75, 3.05) is 0 Å². The third-order valence-corrected chi connectivity index (χ3v) is 5.14. The van der Waals surface area contributed by atoms with E-state index in [0.29, 0.717) is 30.7 Å². The lowest BCUT2D eigenvalue weighted by Gasteiger charge is -2.16. The number of aliphatic imine (C=N–C) groups is 1. The fourth-order valence-corrected chi connectivity index (χ4v) is 3.83. The number of rotatable bonds is 4. The molecule has 1 aliphatic rings. The maximum atomic E-state index is 14.0. The second kappa shape index (κ2) is 7.35. The fourth-order valence-electron chi connectivity index (χ4n) is 3.83. The van der Waals surface area contributed by atoms with Crippen LogP contribution in [-0.4, -0.2) is 32.6 Å². The summed E-state index contributed by atoms with van der Waals surface area (Å²) in [6, 6.07) is 7.58. The summed E-state index contributed by atoms with van der Waals surface area (Å²) in [7, 11) is 0. The third-order valence-electron chi connectivity index (χ3n) is 5.14. The van der Waals surface area contributed by atoms with Crippen molar-refractivity contribution in [2.45, 2.75) is 44.9 Å². The number of halogens is 1. The lowest BCUT2D eigenvalue weighted by atomic mass is 10.1. The SMILES string of the molecule is CC(C=NCc1nc2cnc3ccc(C#N)cc3c2n1C1CCC(F)C1)=NN. The Hall–Kier alpha value is -3.34. The number of hydrogen-bond acceptors (Lipinski definition) is 6. The van der Waals surface area contributed by atoms with E-state index in [1.807, 2.05) is 12.1 Å². The monoisotopic (exact) mass is 377 g/mol. The number of aromatic nitrogens is 3. The minimum atomic E-state index is -0.812. The van der Waals surface area contributed by atoms with E-state index in [4.69, 9.17) is 10.8 Å². The van der Waals surface area contributed by atoms with Crippen LogP contribution >= 0.6 is 0 Å². The van der Waals surface area contributed by atoms with Gasteiger partial charge in [0.05, 0.1) is 41.1 Å². The molecule has 3 aromatic rings. The summed E-state index contributed by atoms with van der Waals surface area (Å²) in [6.07, 6.45) is 4.25. The van der Waals surface area contributed by atoms with Crippen LogP contribution in [0.25, 0.3) is 21.9 Å². The van der Waals surface area contributed by atoms with E-state index < -0.39 is 6.17 Å². The first-order valence-corrected chi connectivity index (χ1v) is 9.18. The van der Waals surface area contributed by atoms with Gasteiger partial charge in [-0.1, -0.05) is 0 Å². The lowest BCUT2D eigenvalue weighted by Crippen LogP contribution is -2.10. The molecule has 2 atom stereocenters. The van der Waals surface area contributed by atoms with Gasteiger partial charge < -0.3 is 10.4 Å². The largest absolute Gasteiger partial charge is 0.323 e. The highest BCUT2D eigenvalue weighted by Crippen LogP contribution is 2.37. The van der Waals surface area contributed by atoms with Gasteiger partial charge in [0.15, 0.2) is 0 Å². The maximum Gasteiger partial charge on any atom is 0.131 e. The van der Waals surface area contributed by atoms with E-state index >= 15 is 0 Å². The molecule has 1 aliphatic carbocycles. The van der Waals surface area contributed by atoms with Crippen molar-refractivity contribution >= 4 is 33.9 Å². The molecule has 2 unspecified atom stereocenters. The lowest BCUT2D eigenvalue weighted by molar-refractivity contribution is 0.330. The summed E-state index contributed by atoms with van der Waals surface area (Å²) < 4.78 is 16.1. The highest BCUT2D eigenvalue weighted by molar-refractivity contribution is 6.29. The third kappa shape index (κ3) is 3.20. The molecule has 2 N–H and O–H groups in total. The molecule has 0 radical (unpaired) electrons. The average Bonchev–Trinajstić information content (AvgIpc) is 3.30. The zero-order valence-corrected chi connectivity index (χ0v) is 15.5. The number of hydrazone groups is 1. The Morgan fingerprint density at radius 1 is 1.43 bits per heavy atom. The summed E-state index contributed by atoms with van der Waals surface area (Å²) in [5, 5.41) is 13.7. The highest BCUT2D eigenvalue weighted by atomic mass is 19.1. The van der Waals surface area contributed by atoms with Gasteiger partial charge in [-0.3, -0.25) is 9.98 Å². The second-order valence-corrected chi connectivity index (χ2v) is 7.04. The Morgan fingerprint density at radius 3 is 3.00 bits per heavy atom. The quantitative estimate of drug-likeness (QED) is 0.427. The number of imidazole rings is 1. The van der Waals surface area contributed by atoms with Crippen LogP contribution in [0.3, 0.4) is 0 Å². The molecule has 142 valence electrons. The molecule has 0 bridgehead atoms. The second-order valence-electron chi connectivity index (χ2n) is 7.04. The minimum Gasteiger partial charge on any atom is -0.323 e. The number of nitrogens with two attached hydrogens (primary N) is 1. The summed E-state index contributed by atoms with van der Waals surface area (Å²) in [6.45, 7) is 2.09. The number of benzene rings is 1. The van der Waals surface area contributed by atoms with Crippen molar-refractivity contribution in [1.82, 2.24) is 14.5 Å². The van der Waals surface area contributed by atoms with Gasteiger partial charge in [0.25, 0.3) is 0 Å². The molecule has 2 heterocycles. The highest BCUT2D eigenvalue weighted by Gasteiger charge is 2.29. The minimum absolute atomic E-state index is 0.00538. The average molecular weight is 377 g/mol. The fraction of sp³-hybridized carbons (Fsp3) is 0.350. The van der Waals surface area contributed by atoms with E-state index in [-0.39, 0.29) is 6.04 Å². The molecule has 0 aliphatic heterocycles. The normalized spacial score (nSPS) is 20.4. The first-order chi connectivity index (χ1) is 13.6. The van der Waals surface area contributed by atoms with Crippen LogP contribution in [0, 0.1) is 11.3 Å². The van der Waals surface area contributed by atoms with Crippen molar-refractivity contribution in [3.05, 3.63) is 35.8 Å². The van der Waals surface area contributed by atoms with Crippen LogP contribution in [0.2, 0.25) is 0 Å². The number of hydrogen-bond donors (Lipinski definition) is 1. The van der Waals surface area contributed by atoms with Gasteiger partial charge in [0, 0.05) is 17.6 Å². The van der Waals surface area contributed by atoms with Crippen LogP contribution in [-0.2, 0) is 6.54 Å². The number of alkyl halides is 1. The molecule has 4 rings (SSSR count). The van der Waals surface area contributed by atoms with Crippen molar-refractivity contribution in [3.8, 4) is 6.07 Å². The van der Waals surface area contributed by atoms with Crippen LogP contribution in [0.1, 0.15) is 43.6 Å². The van der Waals surface area contributed by atoms with Crippen LogP contribution in [0.5, 0.6) is 0 Å².